The smallest absolute Gasteiger partial charge is 0.332 e. The van der Waals surface area contributed by atoms with Crippen LogP contribution >= 0.6 is 0 Å². The average Bonchev–Trinajstić information content (AvgIpc) is 3.36. The van der Waals surface area contributed by atoms with Crippen LogP contribution in [0, 0.1) is 5.92 Å². The number of aliphatic carboxylic acids is 1. The number of aliphatic hydroxyl groups excluding tert-OH is 1. The number of hydrogen-bond acceptors (Lipinski definition) is 5. The van der Waals surface area contributed by atoms with E-state index >= 15 is 0 Å². The molecule has 43 heavy (non-hydrogen) atoms. The van der Waals surface area contributed by atoms with Gasteiger partial charge in [-0.2, -0.15) is 0 Å². The molecule has 0 saturated carbocycles. The van der Waals surface area contributed by atoms with Crippen molar-refractivity contribution in [3.63, 3.8) is 0 Å². The summed E-state index contributed by atoms with van der Waals surface area (Å²) in [5.74, 6) is -3.27. The molecular formula is C37H69NO5. The molecule has 0 bridgehead atoms. The van der Waals surface area contributed by atoms with Crippen LogP contribution in [0.1, 0.15) is 194 Å². The number of carboxylic acid groups (broad SMARTS) is 1. The summed E-state index contributed by atoms with van der Waals surface area (Å²) in [5, 5.41) is 23.5. The minimum absolute atomic E-state index is 0.0361. The molecule has 1 heterocycles. The lowest BCUT2D eigenvalue weighted by molar-refractivity contribution is -0.156. The molecule has 0 aromatic carbocycles. The zero-order chi connectivity index (χ0) is 31.6. The van der Waals surface area contributed by atoms with Crippen molar-refractivity contribution in [3.8, 4) is 0 Å². The Morgan fingerprint density at radius 3 is 1.23 bits per heavy atom. The van der Waals surface area contributed by atoms with Crippen molar-refractivity contribution in [2.45, 2.75) is 205 Å². The minimum Gasteiger partial charge on any atom is -0.480 e. The summed E-state index contributed by atoms with van der Waals surface area (Å²) in [6.07, 6.45) is 30.4. The largest absolute Gasteiger partial charge is 0.480 e. The predicted molar refractivity (Wildman–Crippen MR) is 179 cm³/mol. The van der Waals surface area contributed by atoms with Gasteiger partial charge in [0.05, 0.1) is 12.0 Å². The third-order valence-corrected chi connectivity index (χ3v) is 9.60. The fourth-order valence-electron chi connectivity index (χ4n) is 6.81. The van der Waals surface area contributed by atoms with E-state index in [2.05, 4.69) is 19.2 Å². The minimum atomic E-state index is -1.98. The Hall–Kier alpha value is -1.27. The highest BCUT2D eigenvalue weighted by molar-refractivity contribution is 6.12. The fraction of sp³-hybridized carbons (Fsp3) is 0.919. The number of aliphatic hydroxyl groups is 1. The van der Waals surface area contributed by atoms with Gasteiger partial charge in [0.2, 0.25) is 0 Å². The normalized spacial score (nSPS) is 20.1. The maximum Gasteiger partial charge on any atom is 0.332 e. The van der Waals surface area contributed by atoms with Gasteiger partial charge >= 0.3 is 5.97 Å². The van der Waals surface area contributed by atoms with Gasteiger partial charge in [0, 0.05) is 19.4 Å². The first-order valence-corrected chi connectivity index (χ1v) is 18.6. The molecule has 0 spiro atoms. The first-order chi connectivity index (χ1) is 20.9. The highest BCUT2D eigenvalue weighted by atomic mass is 16.4. The average molecular weight is 608 g/mol. The van der Waals surface area contributed by atoms with Crippen molar-refractivity contribution in [1.82, 2.24) is 5.32 Å². The van der Waals surface area contributed by atoms with Gasteiger partial charge < -0.3 is 10.2 Å². The van der Waals surface area contributed by atoms with E-state index in [-0.39, 0.29) is 25.2 Å². The highest BCUT2D eigenvalue weighted by Gasteiger charge is 2.60. The van der Waals surface area contributed by atoms with E-state index in [0.717, 1.165) is 38.5 Å². The number of β-amino-alcohol motifs (C(OH)–C–C–N with tert-alkyl or cyclic N) is 1. The van der Waals surface area contributed by atoms with Crippen LogP contribution in [0.15, 0.2) is 0 Å². The van der Waals surface area contributed by atoms with Gasteiger partial charge in [-0.1, -0.05) is 168 Å². The molecule has 2 unspecified atom stereocenters. The number of carboxylic acids is 1. The van der Waals surface area contributed by atoms with E-state index in [1.165, 1.54) is 116 Å². The molecule has 3 atom stereocenters. The van der Waals surface area contributed by atoms with Crippen LogP contribution in [0.3, 0.4) is 0 Å². The third-order valence-electron chi connectivity index (χ3n) is 9.60. The summed E-state index contributed by atoms with van der Waals surface area (Å²) >= 11 is 0. The molecule has 1 rings (SSSR count). The molecule has 1 saturated heterocycles. The van der Waals surface area contributed by atoms with Gasteiger partial charge in [-0.25, -0.2) is 4.79 Å². The molecule has 252 valence electrons. The first-order valence-electron chi connectivity index (χ1n) is 18.6. The van der Waals surface area contributed by atoms with E-state index in [4.69, 9.17) is 0 Å². The molecule has 0 aromatic heterocycles. The van der Waals surface area contributed by atoms with Gasteiger partial charge in [0.15, 0.2) is 11.3 Å². The number of hydrogen-bond donors (Lipinski definition) is 3. The zero-order valence-electron chi connectivity index (χ0n) is 28.3. The number of carbonyl (C=O) groups is 3. The zero-order valence-corrected chi connectivity index (χ0v) is 28.3. The molecule has 0 amide bonds. The van der Waals surface area contributed by atoms with Crippen LogP contribution in [0.5, 0.6) is 0 Å². The summed E-state index contributed by atoms with van der Waals surface area (Å²) in [5.41, 5.74) is -1.98. The fourth-order valence-corrected chi connectivity index (χ4v) is 6.81. The number of carbonyl (C=O) groups excluding carboxylic acids is 2. The van der Waals surface area contributed by atoms with Gasteiger partial charge in [-0.05, 0) is 12.8 Å². The lowest BCUT2D eigenvalue weighted by Gasteiger charge is -2.30. The lowest BCUT2D eigenvalue weighted by atomic mass is 9.75. The van der Waals surface area contributed by atoms with Crippen molar-refractivity contribution in [3.05, 3.63) is 0 Å². The molecule has 6 nitrogen and oxygen atoms in total. The standard InChI is InChI=1S/C37H69NO5/c1-3-5-7-9-11-13-15-17-19-21-23-25-27-29-32(39)35-33(40)31-38-37(35,36(42)43)34(41)30-28-26-24-22-20-18-16-14-12-10-8-6-4-2/h33,35,38,40H,3-31H2,1-2H3,(H,42,43)/t33?,35?,37-/m0/s1. The van der Waals surface area contributed by atoms with Gasteiger partial charge in [-0.15, -0.1) is 0 Å². The van der Waals surface area contributed by atoms with Crippen LogP contribution in [0.25, 0.3) is 0 Å². The monoisotopic (exact) mass is 608 g/mol. The summed E-state index contributed by atoms with van der Waals surface area (Å²) in [6.45, 7) is 4.46. The van der Waals surface area contributed by atoms with Crippen LogP contribution in [-0.4, -0.2) is 45.9 Å². The summed E-state index contributed by atoms with van der Waals surface area (Å²) in [6, 6.07) is 0. The molecule has 0 aromatic rings. The Labute approximate surface area is 264 Å². The summed E-state index contributed by atoms with van der Waals surface area (Å²) in [7, 11) is 0. The van der Waals surface area contributed by atoms with E-state index in [0.29, 0.717) is 12.8 Å². The van der Waals surface area contributed by atoms with Crippen molar-refractivity contribution < 1.29 is 24.6 Å². The van der Waals surface area contributed by atoms with E-state index < -0.39 is 29.3 Å². The molecule has 3 N–H and O–H groups in total. The maximum absolute atomic E-state index is 13.3. The number of Topliss-reactive ketones (excluding diaryl/α,β-unsaturated/α-hetero) is 2. The quantitative estimate of drug-likeness (QED) is 0.0536. The maximum atomic E-state index is 13.3. The molecule has 0 aliphatic carbocycles. The van der Waals surface area contributed by atoms with Crippen molar-refractivity contribution >= 4 is 17.5 Å². The number of nitrogens with one attached hydrogen (secondary N) is 1. The molecule has 0 radical (unpaired) electrons. The van der Waals surface area contributed by atoms with Crippen LogP contribution in [0.4, 0.5) is 0 Å². The van der Waals surface area contributed by atoms with Gasteiger partial charge in [0.25, 0.3) is 0 Å². The molecule has 1 aliphatic heterocycles. The number of unbranched alkanes of at least 4 members (excludes halogenated alkanes) is 24. The number of ketones is 2. The molecule has 1 aliphatic rings. The Morgan fingerprint density at radius 1 is 0.558 bits per heavy atom. The van der Waals surface area contributed by atoms with Gasteiger partial charge in [-0.3, -0.25) is 14.9 Å². The van der Waals surface area contributed by atoms with Crippen molar-refractivity contribution in [1.29, 1.82) is 0 Å². The summed E-state index contributed by atoms with van der Waals surface area (Å²) < 4.78 is 0. The topological polar surface area (TPSA) is 104 Å². The third kappa shape index (κ3) is 16.6. The molecule has 1 fully saturated rings. The predicted octanol–water partition coefficient (Wildman–Crippen LogP) is 9.49. The lowest BCUT2D eigenvalue weighted by Crippen LogP contribution is -2.61. The Balaban J connectivity index is 2.27. The van der Waals surface area contributed by atoms with Crippen molar-refractivity contribution in [2.24, 2.45) is 5.92 Å². The van der Waals surface area contributed by atoms with Crippen LogP contribution in [0.2, 0.25) is 0 Å². The van der Waals surface area contributed by atoms with E-state index in [1.54, 1.807) is 0 Å². The Morgan fingerprint density at radius 2 is 0.884 bits per heavy atom. The van der Waals surface area contributed by atoms with Gasteiger partial charge in [0.1, 0.15) is 5.78 Å². The van der Waals surface area contributed by atoms with E-state index in [9.17, 15) is 24.6 Å². The molecule has 6 heteroatoms. The van der Waals surface area contributed by atoms with Crippen LogP contribution in [-0.2, 0) is 14.4 Å². The molecular weight excluding hydrogens is 538 g/mol. The Bertz CT molecular complexity index is 726. The second-order valence-corrected chi connectivity index (χ2v) is 13.4. The summed E-state index contributed by atoms with van der Waals surface area (Å²) in [4.78, 5) is 38.8. The highest BCUT2D eigenvalue weighted by Crippen LogP contribution is 2.33. The van der Waals surface area contributed by atoms with Crippen molar-refractivity contribution in [2.75, 3.05) is 6.54 Å². The van der Waals surface area contributed by atoms with E-state index in [1.807, 2.05) is 0 Å². The van der Waals surface area contributed by atoms with Crippen LogP contribution < -0.4 is 5.32 Å². The first kappa shape index (κ1) is 39.8. The number of rotatable bonds is 31. The second kappa shape index (κ2) is 26.0. The second-order valence-electron chi connectivity index (χ2n) is 13.4. The SMILES string of the molecule is CCCCCCCCCCCCCCCC(=O)C1C(O)CN[C@@]1(C(=O)O)C(=O)CCCCCCCCCCCCCCC. The Kier molecular flexibility index (Phi) is 24.0.